The predicted molar refractivity (Wildman–Crippen MR) is 73.8 cm³/mol. The maximum absolute atomic E-state index is 5.84. The summed E-state index contributed by atoms with van der Waals surface area (Å²) < 4.78 is 5.84. The summed E-state index contributed by atoms with van der Waals surface area (Å²) in [4.78, 5) is 0. The molecule has 1 aromatic carbocycles. The fourth-order valence-electron chi connectivity index (χ4n) is 1.91. The lowest BCUT2D eigenvalue weighted by Crippen LogP contribution is -2.09. The second-order valence-electron chi connectivity index (χ2n) is 4.85. The molecule has 0 heterocycles. The molecular formula is C15H25NO. The van der Waals surface area contributed by atoms with E-state index >= 15 is 0 Å². The molecule has 0 bridgehead atoms. The number of nitrogens with one attached hydrogen (secondary N) is 1. The van der Waals surface area contributed by atoms with Crippen molar-refractivity contribution in [1.29, 1.82) is 0 Å². The third-order valence-corrected chi connectivity index (χ3v) is 2.92. The summed E-state index contributed by atoms with van der Waals surface area (Å²) in [6, 6.07) is 4.46. The Morgan fingerprint density at radius 1 is 1.29 bits per heavy atom. The van der Waals surface area contributed by atoms with Gasteiger partial charge in [0, 0.05) is 6.54 Å². The molecule has 17 heavy (non-hydrogen) atoms. The van der Waals surface area contributed by atoms with Crippen molar-refractivity contribution >= 4 is 0 Å². The number of benzene rings is 1. The van der Waals surface area contributed by atoms with Crippen LogP contribution in [0.15, 0.2) is 12.1 Å². The summed E-state index contributed by atoms with van der Waals surface area (Å²) in [5.74, 6) is 1.55. The lowest BCUT2D eigenvalue weighted by atomic mass is 9.96. The Kier molecular flexibility index (Phi) is 5.49. The van der Waals surface area contributed by atoms with Crippen LogP contribution in [-0.4, -0.2) is 13.7 Å². The van der Waals surface area contributed by atoms with Crippen LogP contribution in [0.1, 0.15) is 49.8 Å². The molecule has 0 radical (unpaired) electrons. The van der Waals surface area contributed by atoms with E-state index in [4.69, 9.17) is 4.74 Å². The zero-order valence-electron chi connectivity index (χ0n) is 11.8. The van der Waals surface area contributed by atoms with Gasteiger partial charge >= 0.3 is 0 Å². The van der Waals surface area contributed by atoms with Crippen molar-refractivity contribution in [1.82, 2.24) is 5.32 Å². The van der Waals surface area contributed by atoms with Gasteiger partial charge in [-0.15, -0.1) is 0 Å². The third-order valence-electron chi connectivity index (χ3n) is 2.92. The minimum atomic E-state index is 0.498. The van der Waals surface area contributed by atoms with E-state index in [0.717, 1.165) is 25.3 Å². The quantitative estimate of drug-likeness (QED) is 0.813. The molecule has 0 atom stereocenters. The smallest absolute Gasteiger partial charge is 0.123 e. The molecule has 1 rings (SSSR count). The van der Waals surface area contributed by atoms with E-state index in [9.17, 15) is 0 Å². The van der Waals surface area contributed by atoms with Crippen molar-refractivity contribution in [2.24, 2.45) is 0 Å². The Bertz CT molecular complexity index is 358. The summed E-state index contributed by atoms with van der Waals surface area (Å²) in [5, 5.41) is 3.21. The van der Waals surface area contributed by atoms with Gasteiger partial charge < -0.3 is 10.1 Å². The molecule has 0 saturated carbocycles. The second kappa shape index (κ2) is 6.65. The average Bonchev–Trinajstić information content (AvgIpc) is 2.29. The molecule has 2 nitrogen and oxygen atoms in total. The van der Waals surface area contributed by atoms with Gasteiger partial charge in [0.25, 0.3) is 0 Å². The first-order valence-corrected chi connectivity index (χ1v) is 6.51. The first-order chi connectivity index (χ1) is 8.10. The van der Waals surface area contributed by atoms with E-state index < -0.39 is 0 Å². The Balaban J connectivity index is 3.06. The van der Waals surface area contributed by atoms with Gasteiger partial charge in [0.05, 0.1) is 6.61 Å². The number of aryl methyl sites for hydroxylation is 1. The zero-order chi connectivity index (χ0) is 12.8. The topological polar surface area (TPSA) is 21.3 Å². The summed E-state index contributed by atoms with van der Waals surface area (Å²) >= 11 is 0. The van der Waals surface area contributed by atoms with Crippen LogP contribution in [0.25, 0.3) is 0 Å². The lowest BCUT2D eigenvalue weighted by Gasteiger charge is -2.17. The van der Waals surface area contributed by atoms with Gasteiger partial charge in [-0.3, -0.25) is 0 Å². The Hall–Kier alpha value is -1.02. The van der Waals surface area contributed by atoms with Gasteiger partial charge in [0.1, 0.15) is 5.75 Å². The molecule has 0 saturated heterocycles. The predicted octanol–water partition coefficient (Wildman–Crippen LogP) is 3.63. The van der Waals surface area contributed by atoms with Crippen molar-refractivity contribution in [3.63, 3.8) is 0 Å². The minimum absolute atomic E-state index is 0.498. The van der Waals surface area contributed by atoms with Crippen molar-refractivity contribution < 1.29 is 4.74 Å². The molecule has 0 fully saturated rings. The van der Waals surface area contributed by atoms with Crippen molar-refractivity contribution in [3.05, 3.63) is 28.8 Å². The summed E-state index contributed by atoms with van der Waals surface area (Å²) in [5.41, 5.74) is 3.98. The summed E-state index contributed by atoms with van der Waals surface area (Å²) in [7, 11) is 1.98. The van der Waals surface area contributed by atoms with Gasteiger partial charge in [-0.2, -0.15) is 0 Å². The zero-order valence-corrected chi connectivity index (χ0v) is 11.8. The van der Waals surface area contributed by atoms with Crippen LogP contribution in [0, 0.1) is 6.92 Å². The molecule has 0 aliphatic carbocycles. The van der Waals surface area contributed by atoms with Crippen LogP contribution in [0.5, 0.6) is 5.75 Å². The van der Waals surface area contributed by atoms with Crippen molar-refractivity contribution in [3.8, 4) is 5.75 Å². The van der Waals surface area contributed by atoms with Gasteiger partial charge in [-0.1, -0.05) is 26.8 Å². The van der Waals surface area contributed by atoms with Crippen molar-refractivity contribution in [2.75, 3.05) is 13.7 Å². The fraction of sp³-hybridized carbons (Fsp3) is 0.600. The van der Waals surface area contributed by atoms with E-state index in [1.807, 2.05) is 7.05 Å². The van der Waals surface area contributed by atoms with Gasteiger partial charge in [-0.05, 0) is 49.1 Å². The lowest BCUT2D eigenvalue weighted by molar-refractivity contribution is 0.312. The molecule has 0 aliphatic heterocycles. The Labute approximate surface area is 105 Å². The van der Waals surface area contributed by atoms with Gasteiger partial charge in [0.2, 0.25) is 0 Å². The summed E-state index contributed by atoms with van der Waals surface area (Å²) in [6.45, 7) is 10.4. The Morgan fingerprint density at radius 2 is 2.00 bits per heavy atom. The highest BCUT2D eigenvalue weighted by Crippen LogP contribution is 2.30. The highest BCUT2D eigenvalue weighted by Gasteiger charge is 2.11. The van der Waals surface area contributed by atoms with E-state index in [1.165, 1.54) is 16.7 Å². The normalized spacial score (nSPS) is 10.9. The van der Waals surface area contributed by atoms with E-state index in [1.54, 1.807) is 0 Å². The molecular weight excluding hydrogens is 210 g/mol. The highest BCUT2D eigenvalue weighted by atomic mass is 16.5. The van der Waals surface area contributed by atoms with Crippen LogP contribution in [0.3, 0.4) is 0 Å². The highest BCUT2D eigenvalue weighted by molar-refractivity contribution is 5.43. The monoisotopic (exact) mass is 235 g/mol. The van der Waals surface area contributed by atoms with E-state index in [0.29, 0.717) is 5.92 Å². The molecule has 0 amide bonds. The Morgan fingerprint density at radius 3 is 2.53 bits per heavy atom. The average molecular weight is 235 g/mol. The first-order valence-electron chi connectivity index (χ1n) is 6.51. The van der Waals surface area contributed by atoms with Crippen LogP contribution >= 0.6 is 0 Å². The second-order valence-corrected chi connectivity index (χ2v) is 4.85. The van der Waals surface area contributed by atoms with Gasteiger partial charge in [0.15, 0.2) is 0 Å². The number of hydrogen-bond acceptors (Lipinski definition) is 2. The number of ether oxygens (including phenoxy) is 1. The van der Waals surface area contributed by atoms with Crippen molar-refractivity contribution in [2.45, 2.75) is 46.6 Å². The largest absolute Gasteiger partial charge is 0.493 e. The molecule has 96 valence electrons. The molecule has 0 aliphatic rings. The maximum atomic E-state index is 5.84. The molecule has 0 unspecified atom stereocenters. The molecule has 1 N–H and O–H groups in total. The summed E-state index contributed by atoms with van der Waals surface area (Å²) in [6.07, 6.45) is 1.05. The minimum Gasteiger partial charge on any atom is -0.493 e. The van der Waals surface area contributed by atoms with E-state index in [-0.39, 0.29) is 0 Å². The third kappa shape index (κ3) is 3.74. The first kappa shape index (κ1) is 14.0. The van der Waals surface area contributed by atoms with Gasteiger partial charge in [-0.25, -0.2) is 0 Å². The molecule has 0 aromatic heterocycles. The van der Waals surface area contributed by atoms with Crippen LogP contribution in [0.4, 0.5) is 0 Å². The molecule has 1 aromatic rings. The van der Waals surface area contributed by atoms with Crippen LogP contribution in [-0.2, 0) is 6.54 Å². The van der Waals surface area contributed by atoms with Crippen LogP contribution < -0.4 is 10.1 Å². The maximum Gasteiger partial charge on any atom is 0.123 e. The number of rotatable bonds is 6. The molecule has 2 heteroatoms. The number of hydrogen-bond donors (Lipinski definition) is 1. The van der Waals surface area contributed by atoms with Crippen LogP contribution in [0.2, 0.25) is 0 Å². The standard InChI is InChI=1S/C15H25NO/c1-6-7-17-15-8-12(4)13(10-16-5)9-14(15)11(2)3/h8-9,11,16H,6-7,10H2,1-5H3. The van der Waals surface area contributed by atoms with E-state index in [2.05, 4.69) is 45.1 Å². The fourth-order valence-corrected chi connectivity index (χ4v) is 1.91. The SMILES string of the molecule is CCCOc1cc(C)c(CNC)cc1C(C)C. The molecule has 0 spiro atoms.